The highest BCUT2D eigenvalue weighted by atomic mass is 32.2. The van der Waals surface area contributed by atoms with E-state index in [1.807, 2.05) is 58.0 Å². The predicted molar refractivity (Wildman–Crippen MR) is 523 cm³/mol. The van der Waals surface area contributed by atoms with Crippen LogP contribution in [0.1, 0.15) is 169 Å². The van der Waals surface area contributed by atoms with Crippen molar-refractivity contribution in [2.24, 2.45) is 11.8 Å². The van der Waals surface area contributed by atoms with Gasteiger partial charge < -0.3 is 168 Å². The summed E-state index contributed by atoms with van der Waals surface area (Å²) in [6.07, 6.45) is 8.67. The van der Waals surface area contributed by atoms with E-state index in [1.165, 1.54) is 6.54 Å². The lowest BCUT2D eigenvalue weighted by atomic mass is 9.71. The fourth-order valence-electron chi connectivity index (χ4n) is 12.3. The Hall–Kier alpha value is -7.26. The van der Waals surface area contributed by atoms with Crippen LogP contribution in [0.2, 0.25) is 0 Å². The molecule has 2 saturated heterocycles. The zero-order valence-electron chi connectivity index (χ0n) is 70.6. The SMILES string of the molecule is CC[NH+](C(C)C)C(C)C.O=C(CCCN(CCCSOO[O-])c1ccc(C2=C([O-])C(C3C=CC(=[N+](CCCSOO[O-])CCCC(=O)ON4C(=O)CCC4=O)C=C3)C2=O)cc1)ON1C(=O)CCC1=O.O=C1NCc2ccc(cc2)CNC(=O)c2cccc(n2)C(=O)NCc2ccc(cc2)CNC(=O)c2cccc1n2.S.S.S.S.S.[NH-]S[NH-].[NH-]S[NH-].[NH-]S[NH-].[NH-]S[NH-].[NH-]S[NH-]. The minimum absolute atomic E-state index is 0. The second-order valence-electron chi connectivity index (χ2n) is 26.7. The predicted octanol–water partition coefficient (Wildman–Crippen LogP) is 12.3. The van der Waals surface area contributed by atoms with Gasteiger partial charge >= 0.3 is 11.9 Å². The van der Waals surface area contributed by atoms with Crippen molar-refractivity contribution in [2.75, 3.05) is 49.1 Å². The summed E-state index contributed by atoms with van der Waals surface area (Å²) in [5.41, 5.74) is 5.97. The molecule has 8 aliphatic rings. The summed E-state index contributed by atoms with van der Waals surface area (Å²) in [5.74, 6) is -6.50. The summed E-state index contributed by atoms with van der Waals surface area (Å²) in [7, 11) is 0. The Morgan fingerprint density at radius 3 is 1.14 bits per heavy atom. The molecule has 15 N–H and O–H groups in total. The van der Waals surface area contributed by atoms with Gasteiger partial charge in [0.2, 0.25) is 0 Å². The highest BCUT2D eigenvalue weighted by Crippen LogP contribution is 2.41. The van der Waals surface area contributed by atoms with Crippen LogP contribution in [-0.2, 0) is 88.2 Å². The number of amides is 8. The second-order valence-corrected chi connectivity index (χ2v) is 29.3. The summed E-state index contributed by atoms with van der Waals surface area (Å²) in [5, 5.41) is 111. The number of nitrogens with one attached hydrogen (secondary N) is 15. The van der Waals surface area contributed by atoms with Gasteiger partial charge in [0.1, 0.15) is 35.9 Å². The van der Waals surface area contributed by atoms with Gasteiger partial charge in [-0.1, -0.05) is 84.9 Å². The van der Waals surface area contributed by atoms with Gasteiger partial charge in [-0.25, -0.2) is 24.1 Å². The van der Waals surface area contributed by atoms with Crippen LogP contribution in [0.15, 0.2) is 139 Å². The fourth-order valence-corrected chi connectivity index (χ4v) is 13.0. The summed E-state index contributed by atoms with van der Waals surface area (Å²) < 4.78 is 10.6. The molecule has 0 spiro atoms. The van der Waals surface area contributed by atoms with Gasteiger partial charge in [-0.2, -0.15) is 76.1 Å². The standard InChI is InChI=1S/C38H44N4O16S2.C30H26N6O4.C8H19N.5H2N2S.5H2S/c43-29-15-16-30(44)41(29)53-33(47)5-1-19-39(21-3-23-59-57-55-51)27-11-7-25(8-12-27)35-37(49)36(38(35)50)26-9-13-28(14-10-26)40(22-4-24-60-58-56-52)20-2-6-34(48)54-42-31(45)17-18-32(42)46;37-27-23-3-1-4-24(35-23)28(38)32-16-20-9-13-22(14-10-20)18-34-30(40)26-6-2-5-25(36-26)29(39)33-17-21-11-7-19(8-12-21)15-31-27;1-6-9(7(2)3)8(4)5;5*1-3-2;;;;;/h7-14,25,35H,1-6,15-24H2,(H2-,49,51,52);1-14H,15-18H2,(H,31,37)(H,32,38)(H,33,39)(H,34,40);7-8H,6H2,1-5H3;5*1-2H;5*1H2/q;;;5*-2;;;;;/p-1. The number of quaternary nitrogens is 1. The number of carbonyl (C=O) groups excluding carboxylic acids is 11. The van der Waals surface area contributed by atoms with Crippen molar-refractivity contribution in [2.45, 2.75) is 137 Å². The van der Waals surface area contributed by atoms with Crippen molar-refractivity contribution in [1.82, 2.24) is 41.4 Å². The summed E-state index contributed by atoms with van der Waals surface area (Å²) in [6.45, 7) is 15.3. The van der Waals surface area contributed by atoms with E-state index in [4.69, 9.17) is 61.1 Å². The first-order valence-corrected chi connectivity index (χ1v) is 43.7. The van der Waals surface area contributed by atoms with Gasteiger partial charge in [0, 0.05) is 155 Å². The first-order chi connectivity index (χ1) is 59.6. The molecule has 3 aromatic carbocycles. The average molecular weight is 2020 g/mol. The van der Waals surface area contributed by atoms with Crippen molar-refractivity contribution in [3.63, 3.8) is 0 Å². The van der Waals surface area contributed by atoms with Crippen LogP contribution in [-0.4, -0.2) is 152 Å². The molecule has 129 heavy (non-hydrogen) atoms. The topological polar surface area (TPSA) is 641 Å². The number of carbonyl (C=O) groups is 11. The van der Waals surface area contributed by atoms with E-state index in [1.54, 1.807) is 89.9 Å². The van der Waals surface area contributed by atoms with Crippen LogP contribution in [0.3, 0.4) is 0 Å². The number of nitrogens with zero attached hydrogens (tertiary/aromatic N) is 6. The number of aromatic nitrogens is 2. The van der Waals surface area contributed by atoms with Crippen LogP contribution in [0.25, 0.3) is 57.0 Å². The largest absolute Gasteiger partial charge is 0.874 e. The van der Waals surface area contributed by atoms with Gasteiger partial charge in [-0.15, -0.1) is 15.9 Å². The molecule has 1 unspecified atom stereocenters. The second kappa shape index (κ2) is 73.2. The van der Waals surface area contributed by atoms with Crippen LogP contribution in [0, 0.1) is 11.8 Å². The molecular formula is C76H108N21O20S12-11. The van der Waals surface area contributed by atoms with Crippen LogP contribution in [0.4, 0.5) is 5.69 Å². The smallest absolute Gasteiger partial charge is 0.333 e. The third kappa shape index (κ3) is 46.8. The van der Waals surface area contributed by atoms with Crippen LogP contribution >= 0.6 is 152 Å². The maximum absolute atomic E-state index is 13.5. The van der Waals surface area contributed by atoms with E-state index in [9.17, 15) is 68.4 Å². The number of ketones is 1. The lowest BCUT2D eigenvalue weighted by molar-refractivity contribution is -0.940. The molecule has 6 aliphatic heterocycles. The average Bonchev–Trinajstić information content (AvgIpc) is 1.06. The molecule has 8 heterocycles. The molecule has 13 rings (SSSR count). The minimum atomic E-state index is -0.909. The maximum Gasteiger partial charge on any atom is 0.333 e. The molecule has 8 amide bonds. The van der Waals surface area contributed by atoms with Gasteiger partial charge in [0.25, 0.3) is 47.3 Å². The van der Waals surface area contributed by atoms with Crippen LogP contribution in [0.5, 0.6) is 0 Å². The van der Waals surface area contributed by atoms with E-state index < -0.39 is 71.0 Å². The van der Waals surface area contributed by atoms with Gasteiger partial charge in [0.15, 0.2) is 11.5 Å². The summed E-state index contributed by atoms with van der Waals surface area (Å²) in [6, 6.07) is 32.6. The molecule has 2 aliphatic carbocycles. The Bertz CT molecular complexity index is 4050. The highest BCUT2D eigenvalue weighted by Gasteiger charge is 2.39. The lowest BCUT2D eigenvalue weighted by Gasteiger charge is -2.40. The summed E-state index contributed by atoms with van der Waals surface area (Å²) >= 11 is 2.92. The number of imide groups is 2. The molecule has 0 saturated carbocycles. The first-order valence-electron chi connectivity index (χ1n) is 37.8. The molecular weight excluding hydrogens is 1910 g/mol. The Kier molecular flexibility index (Phi) is 71.5. The van der Waals surface area contributed by atoms with Gasteiger partial charge in [-0.3, -0.25) is 53.2 Å². The van der Waals surface area contributed by atoms with Gasteiger partial charge in [-0.05, 0) is 112 Å². The lowest BCUT2D eigenvalue weighted by Crippen LogP contribution is -3.17. The number of allylic oxidation sites excluding steroid dienone is 6. The molecule has 720 valence electrons. The maximum atomic E-state index is 13.5. The van der Waals surface area contributed by atoms with E-state index >= 15 is 0 Å². The number of benzene rings is 3. The number of Topliss-reactive ketones (excluding diaryl/α,β-unsaturated/α-hetero) is 1. The zero-order chi connectivity index (χ0) is 91.9. The van der Waals surface area contributed by atoms with Crippen molar-refractivity contribution in [3.8, 4) is 0 Å². The Labute approximate surface area is 814 Å². The Balaban J connectivity index is -0.00000198. The quantitative estimate of drug-likeness (QED) is 0.00590. The molecule has 8 bridgehead atoms. The van der Waals surface area contributed by atoms with Crippen molar-refractivity contribution >= 4 is 234 Å². The molecule has 53 heteroatoms. The van der Waals surface area contributed by atoms with Crippen molar-refractivity contribution in [1.29, 1.82) is 0 Å². The normalized spacial score (nSPS) is 14.8. The van der Waals surface area contributed by atoms with E-state index in [0.717, 1.165) is 69.8 Å². The number of rotatable bonds is 28. The van der Waals surface area contributed by atoms with E-state index in [-0.39, 0.29) is 233 Å². The van der Waals surface area contributed by atoms with E-state index in [0.29, 0.717) is 79.1 Å². The Morgan fingerprint density at radius 1 is 0.496 bits per heavy atom. The third-order valence-corrected chi connectivity index (χ3v) is 19.2. The molecule has 2 fully saturated rings. The number of pyridine rings is 2. The summed E-state index contributed by atoms with van der Waals surface area (Å²) in [4.78, 5) is 158. The monoisotopic (exact) mass is 2020 g/mol. The molecule has 41 nitrogen and oxygen atoms in total. The number of anilines is 1. The molecule has 2 aromatic heterocycles. The third-order valence-electron chi connectivity index (χ3n) is 18.0. The first kappa shape index (κ1) is 126. The van der Waals surface area contributed by atoms with Gasteiger partial charge in [0.05, 0.1) is 25.0 Å². The molecule has 0 radical (unpaired) electrons. The number of hydrogen-bond acceptors (Lipinski definition) is 30. The van der Waals surface area contributed by atoms with Crippen LogP contribution < -0.4 is 46.7 Å². The highest BCUT2D eigenvalue weighted by molar-refractivity contribution is 8.03. The minimum Gasteiger partial charge on any atom is -0.874 e. The van der Waals surface area contributed by atoms with Crippen molar-refractivity contribution < 1.29 is 106 Å². The molecule has 1 atom stereocenters. The number of hydrogen-bond donors (Lipinski definition) is 5. The molecule has 5 aromatic rings. The van der Waals surface area contributed by atoms with Crippen molar-refractivity contribution in [3.05, 3.63) is 241 Å². The zero-order valence-corrected chi connectivity index (χ0v) is 81.3. The number of hydroxylamine groups is 4. The Morgan fingerprint density at radius 2 is 0.822 bits per heavy atom. The fraction of sp³-hybridized carbons (Fsp3) is 0.395. The van der Waals surface area contributed by atoms with E-state index in [2.05, 4.69) is 84.6 Å².